The van der Waals surface area contributed by atoms with E-state index in [0.29, 0.717) is 23.4 Å². The molecule has 6 nitrogen and oxygen atoms in total. The molecule has 144 valence electrons. The van der Waals surface area contributed by atoms with E-state index < -0.39 is 11.9 Å². The molecule has 0 aromatic heterocycles. The van der Waals surface area contributed by atoms with Crippen molar-refractivity contribution < 1.29 is 19.8 Å². The third-order valence-electron chi connectivity index (χ3n) is 5.02. The summed E-state index contributed by atoms with van der Waals surface area (Å²) in [5.74, 6) is -1.95. The highest BCUT2D eigenvalue weighted by Crippen LogP contribution is 2.34. The number of anilines is 2. The quantitative estimate of drug-likeness (QED) is 0.512. The zero-order valence-corrected chi connectivity index (χ0v) is 15.6. The van der Waals surface area contributed by atoms with E-state index in [1.54, 1.807) is 30.3 Å². The average molecular weight is 370 g/mol. The van der Waals surface area contributed by atoms with Gasteiger partial charge in [-0.1, -0.05) is 13.8 Å². The van der Waals surface area contributed by atoms with Gasteiger partial charge in [0.25, 0.3) is 0 Å². The summed E-state index contributed by atoms with van der Waals surface area (Å²) in [6.07, 6.45) is 2.19. The Hall–Kier alpha value is -3.02. The van der Waals surface area contributed by atoms with E-state index in [1.807, 2.05) is 13.8 Å². The first-order chi connectivity index (χ1) is 12.7. The first kappa shape index (κ1) is 20.3. The van der Waals surface area contributed by atoms with Crippen LogP contribution in [0.2, 0.25) is 0 Å². The van der Waals surface area contributed by atoms with Gasteiger partial charge < -0.3 is 21.7 Å². The zero-order chi connectivity index (χ0) is 20.1. The lowest BCUT2D eigenvalue weighted by molar-refractivity contribution is 0.0684. The van der Waals surface area contributed by atoms with Gasteiger partial charge in [-0.2, -0.15) is 0 Å². The third kappa shape index (κ3) is 4.78. The Morgan fingerprint density at radius 1 is 0.889 bits per heavy atom. The Kier molecular flexibility index (Phi) is 6.45. The van der Waals surface area contributed by atoms with Gasteiger partial charge in [0.15, 0.2) is 0 Å². The lowest BCUT2D eigenvalue weighted by Crippen LogP contribution is -2.10. The summed E-state index contributed by atoms with van der Waals surface area (Å²) in [6, 6.07) is 9.68. The van der Waals surface area contributed by atoms with Gasteiger partial charge in [0.05, 0.1) is 11.1 Å². The molecule has 0 aliphatic carbocycles. The minimum atomic E-state index is -0.979. The second kappa shape index (κ2) is 8.58. The van der Waals surface area contributed by atoms with Gasteiger partial charge in [-0.25, -0.2) is 9.59 Å². The number of aromatic carboxylic acids is 2. The summed E-state index contributed by atoms with van der Waals surface area (Å²) < 4.78 is 0. The van der Waals surface area contributed by atoms with Crippen molar-refractivity contribution in [2.45, 2.75) is 44.9 Å². The topological polar surface area (TPSA) is 127 Å². The molecule has 6 N–H and O–H groups in total. The fourth-order valence-corrected chi connectivity index (χ4v) is 3.48. The highest BCUT2D eigenvalue weighted by atomic mass is 16.4. The second-order valence-electron chi connectivity index (χ2n) is 6.89. The Morgan fingerprint density at radius 3 is 1.85 bits per heavy atom. The molecule has 2 unspecified atom stereocenters. The lowest BCUT2D eigenvalue weighted by Gasteiger charge is -2.21. The highest BCUT2D eigenvalue weighted by Gasteiger charge is 2.21. The van der Waals surface area contributed by atoms with Crippen LogP contribution < -0.4 is 11.5 Å². The van der Waals surface area contributed by atoms with Crippen LogP contribution >= 0.6 is 0 Å². The van der Waals surface area contributed by atoms with Gasteiger partial charge in [0.1, 0.15) is 0 Å². The van der Waals surface area contributed by atoms with Crippen LogP contribution in [0, 0.1) is 0 Å². The summed E-state index contributed by atoms with van der Waals surface area (Å²) >= 11 is 0. The van der Waals surface area contributed by atoms with Gasteiger partial charge in [-0.3, -0.25) is 0 Å². The van der Waals surface area contributed by atoms with E-state index in [9.17, 15) is 19.8 Å². The molecule has 0 spiro atoms. The molecule has 2 rings (SSSR count). The predicted molar refractivity (Wildman–Crippen MR) is 106 cm³/mol. The van der Waals surface area contributed by atoms with Crippen LogP contribution in [0.25, 0.3) is 0 Å². The molecule has 0 heterocycles. The molecule has 0 fully saturated rings. The smallest absolute Gasteiger partial charge is 0.335 e. The summed E-state index contributed by atoms with van der Waals surface area (Å²) in [4.78, 5) is 23.0. The van der Waals surface area contributed by atoms with Gasteiger partial charge in [-0.15, -0.1) is 0 Å². The van der Waals surface area contributed by atoms with Crippen LogP contribution in [0.1, 0.15) is 76.8 Å². The molecular weight excluding hydrogens is 344 g/mol. The number of rotatable bonds is 8. The largest absolute Gasteiger partial charge is 0.478 e. The predicted octanol–water partition coefficient (Wildman–Crippen LogP) is 4.32. The van der Waals surface area contributed by atoms with E-state index in [4.69, 9.17) is 11.5 Å². The second-order valence-corrected chi connectivity index (χ2v) is 6.89. The Morgan fingerprint density at radius 2 is 1.37 bits per heavy atom. The van der Waals surface area contributed by atoms with Crippen molar-refractivity contribution in [2.75, 3.05) is 11.5 Å². The molecule has 0 bridgehead atoms. The Bertz CT molecular complexity index is 848. The van der Waals surface area contributed by atoms with Crippen molar-refractivity contribution in [2.24, 2.45) is 0 Å². The number of benzene rings is 2. The number of carboxylic acid groups (broad SMARTS) is 2. The monoisotopic (exact) mass is 370 g/mol. The molecule has 6 heteroatoms. The average Bonchev–Trinajstić information content (AvgIpc) is 2.61. The van der Waals surface area contributed by atoms with Crippen molar-refractivity contribution in [1.82, 2.24) is 0 Å². The van der Waals surface area contributed by atoms with E-state index in [1.165, 1.54) is 6.07 Å². The lowest BCUT2D eigenvalue weighted by atomic mass is 9.83. The van der Waals surface area contributed by atoms with Crippen molar-refractivity contribution in [1.29, 1.82) is 0 Å². The summed E-state index contributed by atoms with van der Waals surface area (Å²) in [6.45, 7) is 3.97. The van der Waals surface area contributed by atoms with Crippen LogP contribution in [-0.2, 0) is 0 Å². The van der Waals surface area contributed by atoms with Crippen molar-refractivity contribution in [3.63, 3.8) is 0 Å². The molecule has 0 aliphatic rings. The van der Waals surface area contributed by atoms with Crippen LogP contribution in [-0.4, -0.2) is 22.2 Å². The first-order valence-corrected chi connectivity index (χ1v) is 9.00. The van der Waals surface area contributed by atoms with E-state index >= 15 is 0 Å². The normalized spacial score (nSPS) is 13.1. The van der Waals surface area contributed by atoms with Crippen LogP contribution in [0.3, 0.4) is 0 Å². The molecule has 0 radical (unpaired) electrons. The van der Waals surface area contributed by atoms with Gasteiger partial charge >= 0.3 is 11.9 Å². The maximum atomic E-state index is 11.6. The van der Waals surface area contributed by atoms with Crippen LogP contribution in [0.5, 0.6) is 0 Å². The third-order valence-corrected chi connectivity index (χ3v) is 5.02. The Balaban J connectivity index is 2.25. The fourth-order valence-electron chi connectivity index (χ4n) is 3.48. The SMILES string of the molecule is CCC(CCC(C)c1cc(N)ccc1C(=O)O)c1cc(N)ccc1C(=O)O. The minimum Gasteiger partial charge on any atom is -0.478 e. The summed E-state index contributed by atoms with van der Waals surface area (Å²) in [7, 11) is 0. The minimum absolute atomic E-state index is 0.0244. The Labute approximate surface area is 158 Å². The van der Waals surface area contributed by atoms with Crippen LogP contribution in [0.15, 0.2) is 36.4 Å². The molecule has 0 saturated carbocycles. The standard InChI is InChI=1S/C21H26N2O4/c1-3-13(19-11-15(23)7-9-17(19)21(26)27)5-4-12(2)18-10-14(22)6-8-16(18)20(24)25/h6-13H,3-5,22-23H2,1-2H3,(H,24,25)(H,26,27). The van der Waals surface area contributed by atoms with Crippen molar-refractivity contribution in [3.8, 4) is 0 Å². The van der Waals surface area contributed by atoms with E-state index in [2.05, 4.69) is 0 Å². The maximum Gasteiger partial charge on any atom is 0.335 e. The zero-order valence-electron chi connectivity index (χ0n) is 15.6. The molecule has 2 aromatic rings. The summed E-state index contributed by atoms with van der Waals surface area (Å²) in [5, 5.41) is 18.9. The molecule has 2 atom stereocenters. The number of hydrogen-bond donors (Lipinski definition) is 4. The van der Waals surface area contributed by atoms with Crippen molar-refractivity contribution in [3.05, 3.63) is 58.7 Å². The molecule has 27 heavy (non-hydrogen) atoms. The summed E-state index contributed by atoms with van der Waals surface area (Å²) in [5.41, 5.74) is 14.7. The van der Waals surface area contributed by atoms with Gasteiger partial charge in [-0.05, 0) is 78.6 Å². The van der Waals surface area contributed by atoms with E-state index in [-0.39, 0.29) is 23.0 Å². The molecule has 2 aromatic carbocycles. The van der Waals surface area contributed by atoms with Crippen molar-refractivity contribution >= 4 is 23.3 Å². The highest BCUT2D eigenvalue weighted by molar-refractivity contribution is 5.90. The molecular formula is C21H26N2O4. The fraction of sp³-hybridized carbons (Fsp3) is 0.333. The first-order valence-electron chi connectivity index (χ1n) is 9.00. The molecule has 0 amide bonds. The van der Waals surface area contributed by atoms with Gasteiger partial charge in [0, 0.05) is 11.4 Å². The number of carbonyl (C=O) groups is 2. The van der Waals surface area contributed by atoms with Crippen LogP contribution in [0.4, 0.5) is 11.4 Å². The maximum absolute atomic E-state index is 11.6. The molecule has 0 aliphatic heterocycles. The molecule has 0 saturated heterocycles. The number of carboxylic acids is 2. The van der Waals surface area contributed by atoms with E-state index in [0.717, 1.165) is 18.4 Å². The number of hydrogen-bond acceptors (Lipinski definition) is 4. The van der Waals surface area contributed by atoms with Gasteiger partial charge in [0.2, 0.25) is 0 Å². The number of nitrogens with two attached hydrogens (primary N) is 2. The number of nitrogen functional groups attached to an aromatic ring is 2.